The molecule has 45 heavy (non-hydrogen) atoms. The maximum absolute atomic E-state index is 16.1. The van der Waals surface area contributed by atoms with Crippen molar-refractivity contribution in [1.29, 1.82) is 0 Å². The van der Waals surface area contributed by atoms with E-state index in [4.69, 9.17) is 27.9 Å². The fourth-order valence-electron chi connectivity index (χ4n) is 7.63. The molecule has 0 radical (unpaired) electrons. The molecule has 4 aromatic rings. The summed E-state index contributed by atoms with van der Waals surface area (Å²) in [4.78, 5) is 28.2. The highest BCUT2D eigenvalue weighted by Crippen LogP contribution is 2.61. The Bertz CT molecular complexity index is 1820. The molecular formula is C35H30Cl2FN3O4. The Labute approximate surface area is 269 Å². The van der Waals surface area contributed by atoms with E-state index in [1.54, 1.807) is 36.4 Å². The summed E-state index contributed by atoms with van der Waals surface area (Å²) in [6, 6.07) is 24.1. The molecule has 0 aliphatic carbocycles. The van der Waals surface area contributed by atoms with Gasteiger partial charge in [-0.15, -0.1) is 0 Å². The highest BCUT2D eigenvalue weighted by atomic mass is 35.5. The zero-order valence-electron chi connectivity index (χ0n) is 24.3. The van der Waals surface area contributed by atoms with Crippen LogP contribution in [0.5, 0.6) is 5.75 Å². The first-order valence-corrected chi connectivity index (χ1v) is 15.6. The van der Waals surface area contributed by atoms with Crippen LogP contribution >= 0.6 is 23.2 Å². The Morgan fingerprint density at radius 3 is 2.60 bits per heavy atom. The number of fused-ring (bicyclic) bond motifs is 3. The fraction of sp³-hybridized carbons (Fsp3) is 0.257. The van der Waals surface area contributed by atoms with Crippen molar-refractivity contribution in [2.24, 2.45) is 0 Å². The predicted octanol–water partition coefficient (Wildman–Crippen LogP) is 7.15. The van der Waals surface area contributed by atoms with E-state index in [9.17, 15) is 14.7 Å². The Kier molecular flexibility index (Phi) is 7.56. The second-order valence-corrected chi connectivity index (χ2v) is 12.6. The van der Waals surface area contributed by atoms with Gasteiger partial charge in [-0.05, 0) is 72.5 Å². The second-order valence-electron chi connectivity index (χ2n) is 11.7. The summed E-state index contributed by atoms with van der Waals surface area (Å²) >= 11 is 12.8. The first-order valence-electron chi connectivity index (χ1n) is 14.9. The number of amides is 1. The third-order valence-corrected chi connectivity index (χ3v) is 9.90. The summed E-state index contributed by atoms with van der Waals surface area (Å²) in [5, 5.41) is 16.7. The highest BCUT2D eigenvalue weighted by molar-refractivity contribution is 6.31. The fourth-order valence-corrected chi connectivity index (χ4v) is 7.99. The molecule has 0 aromatic heterocycles. The van der Waals surface area contributed by atoms with Crippen molar-refractivity contribution in [2.75, 3.05) is 11.9 Å². The summed E-state index contributed by atoms with van der Waals surface area (Å²) in [6.07, 6.45) is 0.596. The molecule has 2 saturated heterocycles. The zero-order valence-corrected chi connectivity index (χ0v) is 25.8. The van der Waals surface area contributed by atoms with E-state index in [2.05, 4.69) is 15.5 Å². The predicted molar refractivity (Wildman–Crippen MR) is 171 cm³/mol. The topological polar surface area (TPSA) is 90.9 Å². The Balaban J connectivity index is 1.41. The Hall–Kier alpha value is -3.95. The quantitative estimate of drug-likeness (QED) is 0.198. The van der Waals surface area contributed by atoms with Gasteiger partial charge in [0.15, 0.2) is 0 Å². The molecule has 1 spiro atoms. The number of carboxylic acid groups (broad SMARTS) is 1. The van der Waals surface area contributed by atoms with Gasteiger partial charge in [0.05, 0.1) is 17.2 Å². The van der Waals surface area contributed by atoms with Crippen LogP contribution in [0.4, 0.5) is 10.1 Å². The lowest BCUT2D eigenvalue weighted by atomic mass is 9.73. The van der Waals surface area contributed by atoms with Crippen molar-refractivity contribution in [2.45, 2.75) is 49.5 Å². The Morgan fingerprint density at radius 2 is 1.84 bits per heavy atom. The van der Waals surface area contributed by atoms with Crippen LogP contribution in [0.2, 0.25) is 10.0 Å². The van der Waals surface area contributed by atoms with Crippen molar-refractivity contribution < 1.29 is 23.8 Å². The number of nitrogens with one attached hydrogen (secondary N) is 2. The minimum absolute atomic E-state index is 0.0180. The van der Waals surface area contributed by atoms with Gasteiger partial charge in [0.2, 0.25) is 5.91 Å². The van der Waals surface area contributed by atoms with Crippen molar-refractivity contribution >= 4 is 40.8 Å². The largest absolute Gasteiger partial charge is 0.494 e. The first-order chi connectivity index (χ1) is 21.7. The monoisotopic (exact) mass is 645 g/mol. The minimum Gasteiger partial charge on any atom is -0.494 e. The number of benzene rings is 4. The van der Waals surface area contributed by atoms with Crippen LogP contribution in [0.25, 0.3) is 0 Å². The maximum atomic E-state index is 16.1. The summed E-state index contributed by atoms with van der Waals surface area (Å²) in [5.74, 6) is -1.77. The lowest BCUT2D eigenvalue weighted by Gasteiger charge is -2.41. The summed E-state index contributed by atoms with van der Waals surface area (Å²) < 4.78 is 21.9. The third kappa shape index (κ3) is 4.79. The van der Waals surface area contributed by atoms with Crippen molar-refractivity contribution in [3.8, 4) is 5.75 Å². The number of carboxylic acids is 1. The molecule has 230 valence electrons. The van der Waals surface area contributed by atoms with E-state index in [0.717, 1.165) is 22.4 Å². The maximum Gasteiger partial charge on any atom is 0.335 e. The molecule has 0 unspecified atom stereocenters. The number of hydrogen-bond donors (Lipinski definition) is 3. The molecule has 10 heteroatoms. The van der Waals surface area contributed by atoms with Crippen LogP contribution in [-0.4, -0.2) is 40.6 Å². The zero-order chi connectivity index (χ0) is 31.5. The molecule has 3 heterocycles. The van der Waals surface area contributed by atoms with Crippen LogP contribution in [0, 0.1) is 5.82 Å². The van der Waals surface area contributed by atoms with E-state index >= 15 is 4.39 Å². The Morgan fingerprint density at radius 1 is 1.07 bits per heavy atom. The normalized spacial score (nSPS) is 25.3. The number of aromatic carboxylic acids is 1. The molecule has 4 aromatic carbocycles. The number of rotatable bonds is 7. The molecule has 0 saturated carbocycles. The summed E-state index contributed by atoms with van der Waals surface area (Å²) in [5.41, 5.74) is 2.41. The van der Waals surface area contributed by atoms with E-state index in [-0.39, 0.29) is 34.6 Å². The number of nitrogens with zero attached hydrogens (tertiary/aromatic N) is 1. The van der Waals surface area contributed by atoms with Crippen LogP contribution in [0.15, 0.2) is 84.9 Å². The van der Waals surface area contributed by atoms with Crippen LogP contribution in [0.3, 0.4) is 0 Å². The van der Waals surface area contributed by atoms with Crippen molar-refractivity contribution in [1.82, 2.24) is 10.2 Å². The minimum atomic E-state index is -1.30. The number of halogens is 3. The molecule has 5 atom stereocenters. The van der Waals surface area contributed by atoms with Gasteiger partial charge in [-0.3, -0.25) is 9.69 Å². The molecule has 3 N–H and O–H groups in total. The number of likely N-dealkylation sites (tertiary alicyclic amines) is 1. The van der Waals surface area contributed by atoms with Gasteiger partial charge in [0.1, 0.15) is 17.1 Å². The van der Waals surface area contributed by atoms with Gasteiger partial charge in [0.25, 0.3) is 0 Å². The highest BCUT2D eigenvalue weighted by Gasteiger charge is 2.68. The standard InChI is InChI=1S/C35H30Cl2FN3O4/c1-2-45-23-6-3-5-19(15-23)18-41-29-17-27(20-9-11-21(12-10-20)33(42)43)39-32(29)30(24-7-4-8-26(37)31(24)38)35(41)25-14-13-22(36)16-28(25)40-34(35)44/h3-16,27,29-30,32,39H,2,17-18H2,1H3,(H,40,44)(H,42,43)/t27-,29-,30-,32+,35+/m0/s1. The molecule has 7 nitrogen and oxygen atoms in total. The van der Waals surface area contributed by atoms with Gasteiger partial charge < -0.3 is 20.5 Å². The van der Waals surface area contributed by atoms with Crippen molar-refractivity contribution in [3.63, 3.8) is 0 Å². The average molecular weight is 647 g/mol. The van der Waals surface area contributed by atoms with Gasteiger partial charge in [-0.1, -0.05) is 65.7 Å². The average Bonchev–Trinajstić information content (AvgIpc) is 3.65. The lowest BCUT2D eigenvalue weighted by Crippen LogP contribution is -2.52. The van der Waals surface area contributed by atoms with Crippen LogP contribution < -0.4 is 15.4 Å². The lowest BCUT2D eigenvalue weighted by molar-refractivity contribution is -0.128. The van der Waals surface area contributed by atoms with Gasteiger partial charge in [-0.25, -0.2) is 9.18 Å². The summed E-state index contributed by atoms with van der Waals surface area (Å²) in [6.45, 7) is 2.82. The van der Waals surface area contributed by atoms with E-state index in [1.807, 2.05) is 49.4 Å². The van der Waals surface area contributed by atoms with Gasteiger partial charge in [-0.2, -0.15) is 0 Å². The number of ether oxygens (including phenoxy) is 1. The molecular weight excluding hydrogens is 616 g/mol. The molecule has 0 bridgehead atoms. The van der Waals surface area contributed by atoms with Gasteiger partial charge in [0, 0.05) is 46.9 Å². The van der Waals surface area contributed by atoms with E-state index < -0.39 is 23.2 Å². The summed E-state index contributed by atoms with van der Waals surface area (Å²) in [7, 11) is 0. The van der Waals surface area contributed by atoms with Gasteiger partial charge >= 0.3 is 5.97 Å². The number of carbonyl (C=O) groups excluding carboxylic acids is 1. The smallest absolute Gasteiger partial charge is 0.335 e. The molecule has 3 aliphatic heterocycles. The molecule has 2 fully saturated rings. The third-order valence-electron chi connectivity index (χ3n) is 9.37. The number of carbonyl (C=O) groups is 2. The number of hydrogen-bond acceptors (Lipinski definition) is 5. The van der Waals surface area contributed by atoms with Crippen LogP contribution in [0.1, 0.15) is 57.9 Å². The van der Waals surface area contributed by atoms with E-state index in [1.165, 1.54) is 6.07 Å². The molecule has 7 rings (SSSR count). The molecule has 1 amide bonds. The SMILES string of the molecule is CCOc1cccc(CN2[C@H]3C[C@@H](c4ccc(C(=O)O)cc4)N[C@H]3[C@H](c3cccc(Cl)c3F)[C@]23C(=O)Nc2cc(Cl)ccc23)c1. The second kappa shape index (κ2) is 11.4. The molecule has 3 aliphatic rings. The van der Waals surface area contributed by atoms with Crippen LogP contribution in [-0.2, 0) is 16.9 Å². The van der Waals surface area contributed by atoms with Crippen molar-refractivity contribution in [3.05, 3.63) is 129 Å². The number of anilines is 1. The first kappa shape index (κ1) is 29.7. The van der Waals surface area contributed by atoms with E-state index in [0.29, 0.717) is 35.8 Å².